The van der Waals surface area contributed by atoms with Crippen LogP contribution in [0, 0.1) is 0 Å². The molecule has 1 aromatic carbocycles. The Labute approximate surface area is 148 Å². The average molecular weight is 407 g/mol. The van der Waals surface area contributed by atoms with E-state index < -0.39 is 0 Å². The molecule has 3 aromatic heterocycles. The highest BCUT2D eigenvalue weighted by atomic mass is 79.9. The quantitative estimate of drug-likeness (QED) is 0.559. The smallest absolute Gasteiger partial charge is 0.235 e. The lowest BCUT2D eigenvalue weighted by molar-refractivity contribution is 0.355. The number of nitrogens with one attached hydrogen (secondary N) is 1. The van der Waals surface area contributed by atoms with Crippen LogP contribution in [0.25, 0.3) is 27.1 Å². The summed E-state index contributed by atoms with van der Waals surface area (Å²) in [5.41, 5.74) is 1.64. The van der Waals surface area contributed by atoms with Crippen LogP contribution in [-0.4, -0.2) is 44.2 Å². The molecule has 0 fully saturated rings. The normalized spacial score (nSPS) is 11.1. The maximum atomic E-state index is 5.35. The summed E-state index contributed by atoms with van der Waals surface area (Å²) in [6.07, 6.45) is 1.69. The molecule has 0 aliphatic rings. The molecule has 0 radical (unpaired) electrons. The van der Waals surface area contributed by atoms with Crippen LogP contribution in [0.1, 0.15) is 0 Å². The van der Waals surface area contributed by atoms with Crippen LogP contribution in [0.15, 0.2) is 28.9 Å². The van der Waals surface area contributed by atoms with Gasteiger partial charge in [-0.3, -0.25) is 5.10 Å². The molecule has 24 heavy (non-hydrogen) atoms. The Bertz CT molecular complexity index is 1020. The average Bonchev–Trinajstić information content (AvgIpc) is 3.29. The Hall–Kier alpha value is -2.46. The summed E-state index contributed by atoms with van der Waals surface area (Å²) in [6, 6.07) is 5.57. The van der Waals surface area contributed by atoms with Gasteiger partial charge < -0.3 is 9.47 Å². The summed E-state index contributed by atoms with van der Waals surface area (Å²) >= 11 is 4.87. The van der Waals surface area contributed by atoms with Crippen molar-refractivity contribution in [2.75, 3.05) is 14.2 Å². The summed E-state index contributed by atoms with van der Waals surface area (Å²) in [7, 11) is 3.19. The minimum Gasteiger partial charge on any atom is -0.493 e. The number of fused-ring (bicyclic) bond motifs is 1. The lowest BCUT2D eigenvalue weighted by atomic mass is 10.2. The van der Waals surface area contributed by atoms with Crippen molar-refractivity contribution < 1.29 is 9.47 Å². The van der Waals surface area contributed by atoms with E-state index in [1.54, 1.807) is 24.9 Å². The maximum absolute atomic E-state index is 5.35. The van der Waals surface area contributed by atoms with E-state index >= 15 is 0 Å². The van der Waals surface area contributed by atoms with Crippen LogP contribution in [-0.2, 0) is 0 Å². The fraction of sp³-hybridized carbons (Fsp3) is 0.143. The van der Waals surface area contributed by atoms with Gasteiger partial charge in [0.1, 0.15) is 5.69 Å². The third kappa shape index (κ3) is 2.34. The molecule has 8 nitrogen and oxygen atoms in total. The second-order valence-electron chi connectivity index (χ2n) is 4.79. The number of aromatic amines is 1. The third-order valence-electron chi connectivity index (χ3n) is 3.44. The van der Waals surface area contributed by atoms with E-state index in [-0.39, 0.29) is 0 Å². The van der Waals surface area contributed by atoms with Gasteiger partial charge in [0, 0.05) is 5.56 Å². The zero-order valence-corrected chi connectivity index (χ0v) is 15.1. The van der Waals surface area contributed by atoms with E-state index in [9.17, 15) is 0 Å². The Kier molecular flexibility index (Phi) is 3.69. The fourth-order valence-corrected chi connectivity index (χ4v) is 3.65. The molecule has 3 heterocycles. The highest BCUT2D eigenvalue weighted by Crippen LogP contribution is 2.34. The van der Waals surface area contributed by atoms with Gasteiger partial charge in [0.15, 0.2) is 22.3 Å². The zero-order valence-electron chi connectivity index (χ0n) is 12.6. The zero-order chi connectivity index (χ0) is 16.7. The van der Waals surface area contributed by atoms with Crippen molar-refractivity contribution in [3.8, 4) is 33.6 Å². The molecule has 0 atom stereocenters. The van der Waals surface area contributed by atoms with Crippen LogP contribution < -0.4 is 9.47 Å². The number of hydrogen-bond donors (Lipinski definition) is 1. The highest BCUT2D eigenvalue weighted by molar-refractivity contribution is 9.10. The fourth-order valence-electron chi connectivity index (χ4n) is 2.29. The van der Waals surface area contributed by atoms with Crippen molar-refractivity contribution in [3.63, 3.8) is 0 Å². The first-order chi connectivity index (χ1) is 11.7. The first-order valence-corrected chi connectivity index (χ1v) is 8.46. The van der Waals surface area contributed by atoms with Crippen LogP contribution in [0.4, 0.5) is 0 Å². The van der Waals surface area contributed by atoms with E-state index in [0.29, 0.717) is 22.3 Å². The maximum Gasteiger partial charge on any atom is 0.235 e. The number of nitrogens with zero attached hydrogens (tertiary/aromatic N) is 5. The van der Waals surface area contributed by atoms with Gasteiger partial charge in [-0.2, -0.15) is 14.7 Å². The second-order valence-corrected chi connectivity index (χ2v) is 6.60. The van der Waals surface area contributed by atoms with Gasteiger partial charge in [-0.15, -0.1) is 10.2 Å². The predicted octanol–water partition coefficient (Wildman–Crippen LogP) is 3.02. The molecule has 0 bridgehead atoms. The molecular weight excluding hydrogens is 396 g/mol. The molecule has 0 aliphatic heterocycles. The molecule has 4 aromatic rings. The Morgan fingerprint density at radius 2 is 2.00 bits per heavy atom. The van der Waals surface area contributed by atoms with Crippen LogP contribution in [0.3, 0.4) is 0 Å². The van der Waals surface area contributed by atoms with Gasteiger partial charge in [-0.1, -0.05) is 11.3 Å². The topological polar surface area (TPSA) is 90.2 Å². The molecule has 0 saturated heterocycles. The highest BCUT2D eigenvalue weighted by Gasteiger charge is 2.18. The Balaban J connectivity index is 1.83. The minimum atomic E-state index is 0.624. The van der Waals surface area contributed by atoms with Gasteiger partial charge >= 0.3 is 0 Å². The van der Waals surface area contributed by atoms with Crippen molar-refractivity contribution >= 4 is 32.2 Å². The number of benzene rings is 1. The first-order valence-electron chi connectivity index (χ1n) is 6.85. The van der Waals surface area contributed by atoms with Crippen molar-refractivity contribution in [1.29, 1.82) is 0 Å². The molecule has 0 unspecified atom stereocenters. The molecule has 4 rings (SSSR count). The predicted molar refractivity (Wildman–Crippen MR) is 92.5 cm³/mol. The number of H-pyrrole nitrogens is 1. The molecule has 0 spiro atoms. The molecule has 122 valence electrons. The van der Waals surface area contributed by atoms with Gasteiger partial charge in [0.05, 0.1) is 24.9 Å². The van der Waals surface area contributed by atoms with Crippen molar-refractivity contribution in [2.45, 2.75) is 0 Å². The molecular formula is C14H11BrN6O2S. The summed E-state index contributed by atoms with van der Waals surface area (Å²) in [5.74, 6) is 1.91. The SMILES string of the molecule is COc1ccc(-c2nnc3sc(-c4[nH]ncc4Br)nn23)cc1OC. The second kappa shape index (κ2) is 5.87. The van der Waals surface area contributed by atoms with E-state index in [0.717, 1.165) is 20.7 Å². The van der Waals surface area contributed by atoms with Gasteiger partial charge in [-0.05, 0) is 34.1 Å². The number of rotatable bonds is 4. The monoisotopic (exact) mass is 406 g/mol. The summed E-state index contributed by atoms with van der Waals surface area (Å²) in [6.45, 7) is 0. The molecule has 0 amide bonds. The van der Waals surface area contributed by atoms with Crippen LogP contribution in [0.5, 0.6) is 11.5 Å². The summed E-state index contributed by atoms with van der Waals surface area (Å²) in [5, 5.41) is 20.7. The number of methoxy groups -OCH3 is 2. The number of hydrogen-bond acceptors (Lipinski definition) is 7. The largest absolute Gasteiger partial charge is 0.493 e. The van der Waals surface area contributed by atoms with E-state index in [2.05, 4.69) is 41.4 Å². The minimum absolute atomic E-state index is 0.624. The lowest BCUT2D eigenvalue weighted by Gasteiger charge is -2.08. The lowest BCUT2D eigenvalue weighted by Crippen LogP contribution is -1.94. The number of aromatic nitrogens is 6. The van der Waals surface area contributed by atoms with Gasteiger partial charge in [0.2, 0.25) is 4.96 Å². The third-order valence-corrected chi connectivity index (χ3v) is 4.96. The standard InChI is InChI=1S/C14H11BrN6O2S/c1-22-9-4-3-7(5-10(9)23-2)12-18-19-14-21(12)20-13(24-14)11-8(15)6-16-17-11/h3-6H,1-2H3,(H,16,17). The Morgan fingerprint density at radius 3 is 2.71 bits per heavy atom. The molecule has 1 N–H and O–H groups in total. The Morgan fingerprint density at radius 1 is 1.17 bits per heavy atom. The summed E-state index contributed by atoms with van der Waals surface area (Å²) < 4.78 is 13.2. The van der Waals surface area contributed by atoms with Crippen LogP contribution >= 0.6 is 27.3 Å². The number of ether oxygens (including phenoxy) is 2. The van der Waals surface area contributed by atoms with Gasteiger partial charge in [0.25, 0.3) is 0 Å². The molecule has 0 aliphatic carbocycles. The van der Waals surface area contributed by atoms with E-state index in [1.165, 1.54) is 11.3 Å². The van der Waals surface area contributed by atoms with Gasteiger partial charge in [-0.25, -0.2) is 0 Å². The molecule has 10 heteroatoms. The van der Waals surface area contributed by atoms with E-state index in [1.807, 2.05) is 18.2 Å². The van der Waals surface area contributed by atoms with E-state index in [4.69, 9.17) is 9.47 Å². The van der Waals surface area contributed by atoms with Crippen molar-refractivity contribution in [2.24, 2.45) is 0 Å². The van der Waals surface area contributed by atoms with Crippen LogP contribution in [0.2, 0.25) is 0 Å². The first kappa shape index (κ1) is 15.1. The summed E-state index contributed by atoms with van der Waals surface area (Å²) in [4.78, 5) is 0.691. The number of halogens is 1. The molecule has 0 saturated carbocycles. The van der Waals surface area contributed by atoms with Crippen molar-refractivity contribution in [1.82, 2.24) is 30.0 Å². The van der Waals surface area contributed by atoms with Crippen molar-refractivity contribution in [3.05, 3.63) is 28.9 Å².